The number of aromatic nitrogens is 1. The second-order valence-electron chi connectivity index (χ2n) is 9.55. The molecule has 0 aliphatic heterocycles. The van der Waals surface area contributed by atoms with Gasteiger partial charge in [-0.1, -0.05) is 34.1 Å². The smallest absolute Gasteiger partial charge is 0.307 e. The first-order valence-electron chi connectivity index (χ1n) is 9.89. The minimum absolute atomic E-state index is 0.0621. The Kier molecular flexibility index (Phi) is 6.10. The van der Waals surface area contributed by atoms with Crippen molar-refractivity contribution in [1.29, 1.82) is 0 Å². The van der Waals surface area contributed by atoms with Gasteiger partial charge in [-0.25, -0.2) is 4.99 Å². The van der Waals surface area contributed by atoms with E-state index < -0.39 is 22.7 Å². The fourth-order valence-corrected chi connectivity index (χ4v) is 4.90. The SMILES string of the molecule is CCCCc1cn(C(C)(C)C)s/c1=N\C(=O)[C@]1(C)CC[C@H](C(=O)O)C1(C)C. The lowest BCUT2D eigenvalue weighted by molar-refractivity contribution is -0.148. The molecule has 0 radical (unpaired) electrons. The van der Waals surface area contributed by atoms with Gasteiger partial charge in [0.2, 0.25) is 0 Å². The normalized spacial score (nSPS) is 25.7. The van der Waals surface area contributed by atoms with Crippen molar-refractivity contribution in [2.45, 2.75) is 86.1 Å². The van der Waals surface area contributed by atoms with Crippen LogP contribution < -0.4 is 4.67 Å². The number of hydrogen-bond donors (Lipinski definition) is 1. The molecular weight excluding hydrogens is 360 g/mol. The summed E-state index contributed by atoms with van der Waals surface area (Å²) in [6.07, 6.45) is 6.25. The van der Waals surface area contributed by atoms with E-state index in [1.165, 1.54) is 11.5 Å². The van der Waals surface area contributed by atoms with Crippen LogP contribution in [0.3, 0.4) is 0 Å². The zero-order valence-electron chi connectivity index (χ0n) is 17.8. The second-order valence-corrected chi connectivity index (χ2v) is 10.5. The lowest BCUT2D eigenvalue weighted by Gasteiger charge is -2.37. The van der Waals surface area contributed by atoms with Gasteiger partial charge in [0.05, 0.1) is 11.3 Å². The largest absolute Gasteiger partial charge is 0.481 e. The van der Waals surface area contributed by atoms with E-state index in [9.17, 15) is 14.7 Å². The number of carboxylic acid groups (broad SMARTS) is 1. The average Bonchev–Trinajstić information content (AvgIpc) is 3.05. The van der Waals surface area contributed by atoms with Crippen LogP contribution in [0, 0.1) is 16.7 Å². The van der Waals surface area contributed by atoms with E-state index in [1.54, 1.807) is 0 Å². The van der Waals surface area contributed by atoms with Gasteiger partial charge in [0.25, 0.3) is 5.91 Å². The van der Waals surface area contributed by atoms with Gasteiger partial charge in [-0.15, -0.1) is 0 Å². The Hall–Kier alpha value is -1.43. The number of amides is 1. The quantitative estimate of drug-likeness (QED) is 0.793. The molecule has 152 valence electrons. The fraction of sp³-hybridized carbons (Fsp3) is 0.762. The highest BCUT2D eigenvalue weighted by Gasteiger charge is 2.58. The number of unbranched alkanes of at least 4 members (excludes halogenated alkanes) is 1. The van der Waals surface area contributed by atoms with Gasteiger partial charge in [-0.2, -0.15) is 0 Å². The lowest BCUT2D eigenvalue weighted by Crippen LogP contribution is -2.42. The lowest BCUT2D eigenvalue weighted by atomic mass is 9.65. The van der Waals surface area contributed by atoms with Crippen LogP contribution in [0.1, 0.15) is 79.7 Å². The van der Waals surface area contributed by atoms with Gasteiger partial charge in [-0.05, 0) is 63.4 Å². The fourth-order valence-electron chi connectivity index (χ4n) is 3.87. The molecule has 2 rings (SSSR count). The molecule has 6 heteroatoms. The molecule has 27 heavy (non-hydrogen) atoms. The Labute approximate surface area is 166 Å². The van der Waals surface area contributed by atoms with Crippen LogP contribution in [0.5, 0.6) is 0 Å². The number of carbonyl (C=O) groups is 2. The summed E-state index contributed by atoms with van der Waals surface area (Å²) in [7, 11) is 0. The Bertz CT molecular complexity index is 782. The van der Waals surface area contributed by atoms with Crippen LogP contribution in [0.25, 0.3) is 0 Å². The maximum absolute atomic E-state index is 13.2. The number of hydrogen-bond acceptors (Lipinski definition) is 3. The highest BCUT2D eigenvalue weighted by molar-refractivity contribution is 7.04. The topological polar surface area (TPSA) is 71.7 Å². The molecule has 1 heterocycles. The zero-order chi connectivity index (χ0) is 20.6. The van der Waals surface area contributed by atoms with Gasteiger partial charge >= 0.3 is 5.97 Å². The Morgan fingerprint density at radius 3 is 2.44 bits per heavy atom. The van der Waals surface area contributed by atoms with Crippen LogP contribution in [0.15, 0.2) is 11.2 Å². The van der Waals surface area contributed by atoms with Crippen LogP contribution in [0.2, 0.25) is 0 Å². The highest BCUT2D eigenvalue weighted by atomic mass is 32.1. The minimum atomic E-state index is -0.818. The Balaban J connectivity index is 2.47. The molecule has 2 atom stereocenters. The molecule has 1 aromatic heterocycles. The first-order valence-corrected chi connectivity index (χ1v) is 10.7. The molecule has 0 spiro atoms. The van der Waals surface area contributed by atoms with E-state index in [-0.39, 0.29) is 11.4 Å². The molecule has 1 amide bonds. The third-order valence-electron chi connectivity index (χ3n) is 6.39. The molecule has 1 aliphatic carbocycles. The van der Waals surface area contributed by atoms with Crippen molar-refractivity contribution >= 4 is 23.4 Å². The number of carboxylic acids is 1. The van der Waals surface area contributed by atoms with E-state index in [0.717, 1.165) is 29.5 Å². The molecule has 1 N–H and O–H groups in total. The molecule has 1 fully saturated rings. The summed E-state index contributed by atoms with van der Waals surface area (Å²) >= 11 is 1.52. The maximum Gasteiger partial charge on any atom is 0.307 e. The number of aliphatic carboxylic acids is 1. The van der Waals surface area contributed by atoms with Gasteiger partial charge in [0, 0.05) is 17.3 Å². The van der Waals surface area contributed by atoms with Gasteiger partial charge < -0.3 is 5.11 Å². The minimum Gasteiger partial charge on any atom is -0.481 e. The van der Waals surface area contributed by atoms with Crippen molar-refractivity contribution in [1.82, 2.24) is 3.96 Å². The number of aryl methyl sites for hydroxylation is 1. The summed E-state index contributed by atoms with van der Waals surface area (Å²) in [6, 6.07) is 0. The van der Waals surface area contributed by atoms with E-state index in [1.807, 2.05) is 20.8 Å². The molecule has 1 saturated carbocycles. The molecule has 1 aromatic rings. The van der Waals surface area contributed by atoms with Crippen LogP contribution >= 0.6 is 11.5 Å². The standard InChI is InChI=1S/C21H34N2O3S/c1-8-9-10-14-13-23(19(2,3)4)27-16(14)22-18(26)21(7)12-11-15(17(24)25)20(21,5)6/h13,15H,8-12H2,1-7H3,(H,24,25)/b22-16-/t15-,21+/m1/s1. The third-order valence-corrected chi connectivity index (χ3v) is 7.77. The Morgan fingerprint density at radius 2 is 1.96 bits per heavy atom. The summed E-state index contributed by atoms with van der Waals surface area (Å²) in [4.78, 5) is 29.4. The molecule has 0 unspecified atom stereocenters. The third kappa shape index (κ3) is 4.05. The maximum atomic E-state index is 13.2. The summed E-state index contributed by atoms with van der Waals surface area (Å²) in [6.45, 7) is 14.2. The van der Waals surface area contributed by atoms with E-state index in [0.29, 0.717) is 12.8 Å². The summed E-state index contributed by atoms with van der Waals surface area (Å²) < 4.78 is 2.94. The predicted octanol–water partition coefficient (Wildman–Crippen LogP) is 4.60. The second kappa shape index (κ2) is 7.53. The molecular formula is C21H34N2O3S. The number of carbonyl (C=O) groups excluding carboxylic acids is 1. The molecule has 0 aromatic carbocycles. The summed E-state index contributed by atoms with van der Waals surface area (Å²) in [5, 5.41) is 9.54. The van der Waals surface area contributed by atoms with Crippen molar-refractivity contribution in [2.75, 3.05) is 0 Å². The van der Waals surface area contributed by atoms with Crippen LogP contribution in [-0.2, 0) is 21.5 Å². The highest BCUT2D eigenvalue weighted by Crippen LogP contribution is 2.56. The Morgan fingerprint density at radius 1 is 1.33 bits per heavy atom. The zero-order valence-corrected chi connectivity index (χ0v) is 18.6. The van der Waals surface area contributed by atoms with Crippen molar-refractivity contribution in [3.63, 3.8) is 0 Å². The number of rotatable bonds is 5. The first kappa shape index (κ1) is 21.9. The van der Waals surface area contributed by atoms with Crippen molar-refractivity contribution in [3.8, 4) is 0 Å². The van der Waals surface area contributed by atoms with E-state index in [4.69, 9.17) is 0 Å². The first-order chi connectivity index (χ1) is 12.3. The van der Waals surface area contributed by atoms with E-state index >= 15 is 0 Å². The summed E-state index contributed by atoms with van der Waals surface area (Å²) in [5.74, 6) is -1.51. The van der Waals surface area contributed by atoms with Crippen molar-refractivity contribution in [3.05, 3.63) is 16.4 Å². The monoisotopic (exact) mass is 394 g/mol. The van der Waals surface area contributed by atoms with Gasteiger partial charge in [0.15, 0.2) is 0 Å². The molecule has 0 bridgehead atoms. The average molecular weight is 395 g/mol. The molecule has 5 nitrogen and oxygen atoms in total. The summed E-state index contributed by atoms with van der Waals surface area (Å²) in [5.41, 5.74) is -0.332. The predicted molar refractivity (Wildman–Crippen MR) is 109 cm³/mol. The molecule has 0 saturated heterocycles. The molecule has 1 aliphatic rings. The van der Waals surface area contributed by atoms with Crippen molar-refractivity contribution < 1.29 is 14.7 Å². The number of nitrogens with zero attached hydrogens (tertiary/aromatic N) is 2. The van der Waals surface area contributed by atoms with E-state index in [2.05, 4.69) is 42.8 Å². The van der Waals surface area contributed by atoms with Gasteiger partial charge in [0.1, 0.15) is 4.67 Å². The van der Waals surface area contributed by atoms with Crippen molar-refractivity contribution in [2.24, 2.45) is 21.7 Å². The van der Waals surface area contributed by atoms with Crippen LogP contribution in [-0.4, -0.2) is 20.9 Å². The van der Waals surface area contributed by atoms with Crippen LogP contribution in [0.4, 0.5) is 0 Å². The van der Waals surface area contributed by atoms with Gasteiger partial charge in [-0.3, -0.25) is 13.5 Å².